The Morgan fingerprint density at radius 3 is 2.91 bits per heavy atom. The van der Waals surface area contributed by atoms with E-state index < -0.39 is 10.0 Å². The minimum atomic E-state index is -3.14. The van der Waals surface area contributed by atoms with Crippen molar-refractivity contribution < 1.29 is 8.42 Å². The standard InChI is InChI=1S/C14H15ClN4O3S/c15-13-8-12(14(20)18-17-13)16-11-4-1-3-10(7-11)9-19-5-2-6-23(19,21)22/h1,3-4,7-8H,2,5-6,9H2,(H,16,17)(H,18,20). The van der Waals surface area contributed by atoms with Crippen LogP contribution in [0.3, 0.4) is 0 Å². The topological polar surface area (TPSA) is 95.2 Å². The first-order valence-electron chi connectivity index (χ1n) is 7.03. The lowest BCUT2D eigenvalue weighted by atomic mass is 10.2. The molecular formula is C14H15ClN4O3S. The Labute approximate surface area is 138 Å². The zero-order valence-electron chi connectivity index (χ0n) is 12.1. The van der Waals surface area contributed by atoms with Crippen LogP contribution in [0.4, 0.5) is 11.4 Å². The molecule has 2 aromatic rings. The van der Waals surface area contributed by atoms with Crippen LogP contribution in [0.5, 0.6) is 0 Å². The molecule has 7 nitrogen and oxygen atoms in total. The number of anilines is 2. The van der Waals surface area contributed by atoms with Crippen LogP contribution in [0.15, 0.2) is 35.1 Å². The third-order valence-electron chi connectivity index (χ3n) is 3.54. The molecule has 23 heavy (non-hydrogen) atoms. The van der Waals surface area contributed by atoms with Gasteiger partial charge in [0.05, 0.1) is 5.75 Å². The molecule has 0 atom stereocenters. The highest BCUT2D eigenvalue weighted by molar-refractivity contribution is 7.89. The van der Waals surface area contributed by atoms with Crippen LogP contribution in [0.2, 0.25) is 5.15 Å². The first kappa shape index (κ1) is 16.0. The number of nitrogens with one attached hydrogen (secondary N) is 2. The summed E-state index contributed by atoms with van der Waals surface area (Å²) in [6, 6.07) is 8.68. The highest BCUT2D eigenvalue weighted by Crippen LogP contribution is 2.21. The van der Waals surface area contributed by atoms with Crippen molar-refractivity contribution >= 4 is 33.0 Å². The highest BCUT2D eigenvalue weighted by Gasteiger charge is 2.27. The van der Waals surface area contributed by atoms with E-state index in [4.69, 9.17) is 11.6 Å². The molecule has 1 fully saturated rings. The third-order valence-corrected chi connectivity index (χ3v) is 5.64. The summed E-state index contributed by atoms with van der Waals surface area (Å²) in [5.41, 5.74) is 1.40. The van der Waals surface area contributed by atoms with Crippen LogP contribution in [-0.4, -0.2) is 35.2 Å². The molecule has 1 aromatic carbocycles. The summed E-state index contributed by atoms with van der Waals surface area (Å²) in [4.78, 5) is 11.7. The van der Waals surface area contributed by atoms with Gasteiger partial charge in [-0.1, -0.05) is 23.7 Å². The van der Waals surface area contributed by atoms with Crippen molar-refractivity contribution in [1.29, 1.82) is 0 Å². The number of aromatic amines is 1. The summed E-state index contributed by atoms with van der Waals surface area (Å²) in [5, 5.41) is 9.02. The molecule has 122 valence electrons. The van der Waals surface area contributed by atoms with Gasteiger partial charge in [-0.2, -0.15) is 9.40 Å². The van der Waals surface area contributed by atoms with Crippen LogP contribution < -0.4 is 10.9 Å². The molecule has 1 saturated heterocycles. The molecule has 1 aliphatic rings. The quantitative estimate of drug-likeness (QED) is 0.871. The van der Waals surface area contributed by atoms with E-state index in [-0.39, 0.29) is 22.2 Å². The van der Waals surface area contributed by atoms with Gasteiger partial charge in [-0.25, -0.2) is 13.5 Å². The number of aromatic nitrogens is 2. The number of hydrogen-bond acceptors (Lipinski definition) is 5. The minimum Gasteiger partial charge on any atom is -0.351 e. The van der Waals surface area contributed by atoms with Crippen molar-refractivity contribution in [2.45, 2.75) is 13.0 Å². The van der Waals surface area contributed by atoms with Crippen molar-refractivity contribution in [2.24, 2.45) is 0 Å². The predicted octanol–water partition coefficient (Wildman–Crippen LogP) is 1.70. The Morgan fingerprint density at radius 2 is 2.17 bits per heavy atom. The van der Waals surface area contributed by atoms with E-state index in [2.05, 4.69) is 15.5 Å². The summed E-state index contributed by atoms with van der Waals surface area (Å²) in [7, 11) is -3.14. The lowest BCUT2D eigenvalue weighted by Crippen LogP contribution is -2.25. The second-order valence-corrected chi connectivity index (χ2v) is 7.74. The molecule has 9 heteroatoms. The van der Waals surface area contributed by atoms with Crippen molar-refractivity contribution in [3.8, 4) is 0 Å². The summed E-state index contributed by atoms with van der Waals surface area (Å²) >= 11 is 5.76. The Bertz CT molecular complexity index is 882. The average Bonchev–Trinajstić information content (AvgIpc) is 2.82. The highest BCUT2D eigenvalue weighted by atomic mass is 35.5. The monoisotopic (exact) mass is 354 g/mol. The summed E-state index contributed by atoms with van der Waals surface area (Å²) in [6.07, 6.45) is 0.658. The van der Waals surface area contributed by atoms with E-state index in [1.807, 2.05) is 12.1 Å². The van der Waals surface area contributed by atoms with E-state index in [9.17, 15) is 13.2 Å². The summed E-state index contributed by atoms with van der Waals surface area (Å²) < 4.78 is 25.2. The van der Waals surface area contributed by atoms with Crippen molar-refractivity contribution in [2.75, 3.05) is 17.6 Å². The predicted molar refractivity (Wildman–Crippen MR) is 88.4 cm³/mol. The molecule has 3 rings (SSSR count). The van der Waals surface area contributed by atoms with Gasteiger partial charge in [-0.3, -0.25) is 4.79 Å². The van der Waals surface area contributed by atoms with E-state index in [0.29, 0.717) is 25.2 Å². The van der Waals surface area contributed by atoms with Gasteiger partial charge in [-0.05, 0) is 24.1 Å². The number of sulfonamides is 1. The normalized spacial score (nSPS) is 17.3. The molecule has 0 aliphatic carbocycles. The maximum atomic E-state index is 11.9. The number of nitrogens with zero attached hydrogens (tertiary/aromatic N) is 2. The van der Waals surface area contributed by atoms with Gasteiger partial charge in [0, 0.05) is 24.8 Å². The third kappa shape index (κ3) is 3.72. The molecule has 0 bridgehead atoms. The van der Waals surface area contributed by atoms with E-state index in [1.54, 1.807) is 12.1 Å². The smallest absolute Gasteiger partial charge is 0.287 e. The Kier molecular flexibility index (Phi) is 4.38. The maximum Gasteiger partial charge on any atom is 0.287 e. The van der Waals surface area contributed by atoms with Gasteiger partial charge in [-0.15, -0.1) is 0 Å². The molecule has 0 saturated carbocycles. The van der Waals surface area contributed by atoms with Crippen LogP contribution in [0.1, 0.15) is 12.0 Å². The van der Waals surface area contributed by atoms with E-state index >= 15 is 0 Å². The van der Waals surface area contributed by atoms with Crippen LogP contribution in [-0.2, 0) is 16.6 Å². The Hall–Kier alpha value is -1.90. The SMILES string of the molecule is O=c1[nH]nc(Cl)cc1Nc1cccc(CN2CCCS2(=O)=O)c1. The number of benzene rings is 1. The minimum absolute atomic E-state index is 0.173. The van der Waals surface area contributed by atoms with E-state index in [1.165, 1.54) is 10.4 Å². The zero-order valence-corrected chi connectivity index (χ0v) is 13.7. The zero-order chi connectivity index (χ0) is 16.4. The second kappa shape index (κ2) is 6.31. The molecule has 2 N–H and O–H groups in total. The van der Waals surface area contributed by atoms with Crippen molar-refractivity contribution in [3.63, 3.8) is 0 Å². The molecule has 2 heterocycles. The van der Waals surface area contributed by atoms with Gasteiger partial charge in [0.15, 0.2) is 5.15 Å². The Morgan fingerprint density at radius 1 is 1.35 bits per heavy atom. The fourth-order valence-corrected chi connectivity index (χ4v) is 4.11. The lowest BCUT2D eigenvalue weighted by Gasteiger charge is -2.15. The van der Waals surface area contributed by atoms with Gasteiger partial charge in [0.1, 0.15) is 5.69 Å². The van der Waals surface area contributed by atoms with Gasteiger partial charge in [0.25, 0.3) is 5.56 Å². The van der Waals surface area contributed by atoms with E-state index in [0.717, 1.165) is 5.56 Å². The number of halogens is 1. The lowest BCUT2D eigenvalue weighted by molar-refractivity contribution is 0.440. The second-order valence-electron chi connectivity index (χ2n) is 5.26. The first-order valence-corrected chi connectivity index (χ1v) is 9.02. The average molecular weight is 355 g/mol. The number of H-pyrrole nitrogens is 1. The molecular weight excluding hydrogens is 340 g/mol. The molecule has 0 spiro atoms. The summed E-state index contributed by atoms with van der Waals surface area (Å²) in [5.74, 6) is 0.204. The Balaban J connectivity index is 1.80. The number of rotatable bonds is 4. The first-order chi connectivity index (χ1) is 10.9. The van der Waals surface area contributed by atoms with Gasteiger partial charge >= 0.3 is 0 Å². The molecule has 0 radical (unpaired) electrons. The number of hydrogen-bond donors (Lipinski definition) is 2. The molecule has 1 aromatic heterocycles. The summed E-state index contributed by atoms with van der Waals surface area (Å²) in [6.45, 7) is 0.866. The fraction of sp³-hybridized carbons (Fsp3) is 0.286. The van der Waals surface area contributed by atoms with Gasteiger partial charge < -0.3 is 5.32 Å². The van der Waals surface area contributed by atoms with Crippen molar-refractivity contribution in [3.05, 3.63) is 51.4 Å². The fourth-order valence-electron chi connectivity index (χ4n) is 2.45. The van der Waals surface area contributed by atoms with Crippen molar-refractivity contribution in [1.82, 2.24) is 14.5 Å². The van der Waals surface area contributed by atoms with Gasteiger partial charge in [0.2, 0.25) is 10.0 Å². The molecule has 0 unspecified atom stereocenters. The largest absolute Gasteiger partial charge is 0.351 e. The van der Waals surface area contributed by atoms with Crippen LogP contribution in [0.25, 0.3) is 0 Å². The maximum absolute atomic E-state index is 11.9. The van der Waals surface area contributed by atoms with Crippen LogP contribution >= 0.6 is 11.6 Å². The molecule has 0 amide bonds. The van der Waals surface area contributed by atoms with Crippen LogP contribution in [0, 0.1) is 0 Å². The molecule has 1 aliphatic heterocycles.